The Hall–Kier alpha value is -3.19. The lowest BCUT2D eigenvalue weighted by molar-refractivity contribution is 0.0986. The molecule has 0 bridgehead atoms. The van der Waals surface area contributed by atoms with E-state index in [1.807, 2.05) is 25.1 Å². The maximum Gasteiger partial charge on any atom is 0.286 e. The van der Waals surface area contributed by atoms with E-state index in [4.69, 9.17) is 4.74 Å². The molecular formula is C23H22N4O2S. The molecule has 152 valence electrons. The molecule has 2 aromatic heterocycles. The second kappa shape index (κ2) is 7.57. The number of amides is 1. The van der Waals surface area contributed by atoms with Crippen molar-refractivity contribution in [3.63, 3.8) is 0 Å². The molecule has 6 nitrogen and oxygen atoms in total. The van der Waals surface area contributed by atoms with Gasteiger partial charge in [0.1, 0.15) is 10.8 Å². The number of ether oxygens (including phenoxy) is 1. The summed E-state index contributed by atoms with van der Waals surface area (Å²) >= 11 is 1.28. The number of nitrogens with zero attached hydrogens (tertiary/aromatic N) is 2. The molecule has 5 rings (SSSR count). The van der Waals surface area contributed by atoms with Gasteiger partial charge in [0, 0.05) is 17.1 Å². The van der Waals surface area contributed by atoms with Crippen molar-refractivity contribution < 1.29 is 9.53 Å². The summed E-state index contributed by atoms with van der Waals surface area (Å²) in [6.07, 6.45) is 4.05. The summed E-state index contributed by atoms with van der Waals surface area (Å²) in [6.45, 7) is 3.94. The van der Waals surface area contributed by atoms with E-state index in [1.54, 1.807) is 6.20 Å². The summed E-state index contributed by atoms with van der Waals surface area (Å²) < 4.78 is 6.20. The van der Waals surface area contributed by atoms with Crippen LogP contribution in [0.5, 0.6) is 5.75 Å². The quantitative estimate of drug-likeness (QED) is 0.466. The number of carbonyl (C=O) groups excluding carboxylic acids is 1. The number of anilines is 1. The van der Waals surface area contributed by atoms with Crippen LogP contribution in [0.2, 0.25) is 0 Å². The van der Waals surface area contributed by atoms with Gasteiger partial charge in [0.15, 0.2) is 0 Å². The van der Waals surface area contributed by atoms with E-state index in [1.165, 1.54) is 22.5 Å². The third-order valence-corrected chi connectivity index (χ3v) is 6.41. The average molecular weight is 419 g/mol. The molecular weight excluding hydrogens is 396 g/mol. The van der Waals surface area contributed by atoms with Crippen molar-refractivity contribution in [2.45, 2.75) is 38.7 Å². The average Bonchev–Trinajstić information content (AvgIpc) is 3.32. The van der Waals surface area contributed by atoms with Crippen molar-refractivity contribution >= 4 is 33.8 Å². The standard InChI is InChI=1S/C23H22N4O2S/c1-13-3-5-15(6-4-13)16-9-18(10-16)29-17-7-8-20-19(11-17)21(12-24-20)25-22(28)23-27-26-14(2)30-23/h3-8,11-12,16,18,24H,9-10H2,1-2H3,(H,25,28)/t16-,18-. The number of aryl methyl sites for hydroxylation is 2. The fourth-order valence-corrected chi connectivity index (χ4v) is 4.39. The Morgan fingerprint density at radius 3 is 2.67 bits per heavy atom. The molecule has 2 N–H and O–H groups in total. The molecule has 1 aliphatic rings. The highest BCUT2D eigenvalue weighted by Crippen LogP contribution is 2.40. The van der Waals surface area contributed by atoms with Crippen molar-refractivity contribution in [1.82, 2.24) is 15.2 Å². The van der Waals surface area contributed by atoms with E-state index in [2.05, 4.69) is 51.7 Å². The normalized spacial score (nSPS) is 18.2. The molecule has 0 atom stereocenters. The van der Waals surface area contributed by atoms with Gasteiger partial charge in [-0.3, -0.25) is 4.79 Å². The summed E-state index contributed by atoms with van der Waals surface area (Å²) in [5, 5.41) is 12.8. The second-order valence-corrected chi connectivity index (χ2v) is 8.99. The summed E-state index contributed by atoms with van der Waals surface area (Å²) in [7, 11) is 0. The van der Waals surface area contributed by atoms with Crippen molar-refractivity contribution in [1.29, 1.82) is 0 Å². The molecule has 2 heterocycles. The van der Waals surface area contributed by atoms with Crippen LogP contribution in [0.15, 0.2) is 48.7 Å². The Bertz CT molecular complexity index is 1210. The van der Waals surface area contributed by atoms with Gasteiger partial charge < -0.3 is 15.0 Å². The maximum atomic E-state index is 12.4. The molecule has 0 unspecified atom stereocenters. The van der Waals surface area contributed by atoms with Gasteiger partial charge in [0.25, 0.3) is 5.91 Å². The predicted octanol–water partition coefficient (Wildman–Crippen LogP) is 5.21. The number of carbonyl (C=O) groups is 1. The lowest BCUT2D eigenvalue weighted by atomic mass is 9.77. The van der Waals surface area contributed by atoms with Crippen molar-refractivity contribution in [2.24, 2.45) is 0 Å². The third kappa shape index (κ3) is 3.68. The first-order valence-corrected chi connectivity index (χ1v) is 10.8. The highest BCUT2D eigenvalue weighted by molar-refractivity contribution is 7.13. The van der Waals surface area contributed by atoms with Crippen LogP contribution in [-0.2, 0) is 0 Å². The summed E-state index contributed by atoms with van der Waals surface area (Å²) in [4.78, 5) is 15.6. The number of benzene rings is 2. The number of fused-ring (bicyclic) bond motifs is 1. The molecule has 4 aromatic rings. The van der Waals surface area contributed by atoms with Gasteiger partial charge in [-0.05, 0) is 56.4 Å². The molecule has 2 aromatic carbocycles. The number of aromatic amines is 1. The van der Waals surface area contributed by atoms with Gasteiger partial charge in [0.2, 0.25) is 5.01 Å². The molecule has 0 spiro atoms. The molecule has 1 saturated carbocycles. The maximum absolute atomic E-state index is 12.4. The Balaban J connectivity index is 1.26. The largest absolute Gasteiger partial charge is 0.490 e. The minimum absolute atomic E-state index is 0.218. The predicted molar refractivity (Wildman–Crippen MR) is 118 cm³/mol. The summed E-state index contributed by atoms with van der Waals surface area (Å²) in [6, 6.07) is 14.7. The molecule has 1 fully saturated rings. The van der Waals surface area contributed by atoms with Gasteiger partial charge >= 0.3 is 0 Å². The summed E-state index contributed by atoms with van der Waals surface area (Å²) in [5.74, 6) is 1.13. The van der Waals surface area contributed by atoms with Crippen LogP contribution in [0, 0.1) is 13.8 Å². The molecule has 30 heavy (non-hydrogen) atoms. The van der Waals surface area contributed by atoms with Crippen molar-refractivity contribution in [3.8, 4) is 5.75 Å². The highest BCUT2D eigenvalue weighted by Gasteiger charge is 2.32. The van der Waals surface area contributed by atoms with Crippen LogP contribution in [0.1, 0.15) is 44.7 Å². The zero-order valence-electron chi connectivity index (χ0n) is 16.8. The molecule has 0 saturated heterocycles. The Morgan fingerprint density at radius 2 is 1.93 bits per heavy atom. The lowest BCUT2D eigenvalue weighted by Crippen LogP contribution is -2.32. The molecule has 7 heteroatoms. The minimum Gasteiger partial charge on any atom is -0.490 e. The Labute approximate surface area is 178 Å². The van der Waals surface area contributed by atoms with E-state index in [0.717, 1.165) is 34.5 Å². The monoisotopic (exact) mass is 418 g/mol. The van der Waals surface area contributed by atoms with Crippen LogP contribution in [0.3, 0.4) is 0 Å². The van der Waals surface area contributed by atoms with E-state index in [0.29, 0.717) is 16.6 Å². The van der Waals surface area contributed by atoms with Crippen LogP contribution in [0.25, 0.3) is 10.9 Å². The van der Waals surface area contributed by atoms with Crippen LogP contribution < -0.4 is 10.1 Å². The third-order valence-electron chi connectivity index (χ3n) is 5.57. The van der Waals surface area contributed by atoms with E-state index >= 15 is 0 Å². The SMILES string of the molecule is Cc1ccc([C@H]2C[C@H](Oc3ccc4[nH]cc(NC(=O)c5nnc(C)s5)c4c3)C2)cc1. The first-order chi connectivity index (χ1) is 14.5. The number of H-pyrrole nitrogens is 1. The Kier molecular flexibility index (Phi) is 4.75. The van der Waals surface area contributed by atoms with Crippen LogP contribution >= 0.6 is 11.3 Å². The van der Waals surface area contributed by atoms with Gasteiger partial charge in [-0.2, -0.15) is 0 Å². The summed E-state index contributed by atoms with van der Waals surface area (Å²) in [5.41, 5.74) is 4.32. The van der Waals surface area contributed by atoms with Gasteiger partial charge in [-0.1, -0.05) is 41.2 Å². The fraction of sp³-hybridized carbons (Fsp3) is 0.261. The highest BCUT2D eigenvalue weighted by atomic mass is 32.1. The number of nitrogens with one attached hydrogen (secondary N) is 2. The molecule has 0 aliphatic heterocycles. The van der Waals surface area contributed by atoms with E-state index in [9.17, 15) is 4.79 Å². The van der Waals surface area contributed by atoms with Gasteiger partial charge in [0.05, 0.1) is 11.8 Å². The van der Waals surface area contributed by atoms with E-state index < -0.39 is 0 Å². The van der Waals surface area contributed by atoms with Crippen molar-refractivity contribution in [2.75, 3.05) is 5.32 Å². The van der Waals surface area contributed by atoms with Crippen LogP contribution in [0.4, 0.5) is 5.69 Å². The molecule has 1 amide bonds. The number of rotatable bonds is 5. The first kappa shape index (κ1) is 18.8. The van der Waals surface area contributed by atoms with Crippen molar-refractivity contribution in [3.05, 3.63) is 69.8 Å². The molecule has 1 aliphatic carbocycles. The second-order valence-electron chi connectivity index (χ2n) is 7.81. The lowest BCUT2D eigenvalue weighted by Gasteiger charge is -2.35. The zero-order valence-corrected chi connectivity index (χ0v) is 17.6. The van der Waals surface area contributed by atoms with Gasteiger partial charge in [-0.25, -0.2) is 0 Å². The Morgan fingerprint density at radius 1 is 1.13 bits per heavy atom. The smallest absolute Gasteiger partial charge is 0.286 e. The van der Waals surface area contributed by atoms with E-state index in [-0.39, 0.29) is 12.0 Å². The topological polar surface area (TPSA) is 79.9 Å². The fourth-order valence-electron chi connectivity index (χ4n) is 3.81. The van der Waals surface area contributed by atoms with Crippen LogP contribution in [-0.4, -0.2) is 27.2 Å². The number of hydrogen-bond acceptors (Lipinski definition) is 5. The van der Waals surface area contributed by atoms with Gasteiger partial charge in [-0.15, -0.1) is 10.2 Å². The molecule has 0 radical (unpaired) electrons. The minimum atomic E-state index is -0.257. The first-order valence-electron chi connectivity index (χ1n) is 10.0. The number of hydrogen-bond donors (Lipinski definition) is 2. The zero-order chi connectivity index (χ0) is 20.7. The number of aromatic nitrogens is 3.